The summed E-state index contributed by atoms with van der Waals surface area (Å²) in [6.45, 7) is 3.91. The third-order valence-corrected chi connectivity index (χ3v) is 5.17. The van der Waals surface area contributed by atoms with E-state index in [0.29, 0.717) is 18.6 Å². The van der Waals surface area contributed by atoms with Gasteiger partial charge in [0.15, 0.2) is 0 Å². The maximum Gasteiger partial charge on any atom is 0.317 e. The summed E-state index contributed by atoms with van der Waals surface area (Å²) in [5, 5.41) is 10.6. The fourth-order valence-electron chi connectivity index (χ4n) is 3.59. The van der Waals surface area contributed by atoms with Crippen LogP contribution in [0.15, 0.2) is 24.3 Å². The van der Waals surface area contributed by atoms with Crippen molar-refractivity contribution >= 4 is 5.97 Å². The molecule has 1 N–H and O–H groups in total. The molecule has 2 bridgehead atoms. The Morgan fingerprint density at radius 2 is 2.14 bits per heavy atom. The third kappa shape index (κ3) is 2.77. The molecular weight excluding hydrogens is 280 g/mol. The van der Waals surface area contributed by atoms with Crippen molar-refractivity contribution in [2.24, 2.45) is 5.92 Å². The number of ether oxygens (including phenoxy) is 2. The van der Waals surface area contributed by atoms with Crippen molar-refractivity contribution in [3.63, 3.8) is 0 Å². The first-order valence-corrected chi connectivity index (χ1v) is 8.26. The van der Waals surface area contributed by atoms with Gasteiger partial charge in [0.1, 0.15) is 5.75 Å². The van der Waals surface area contributed by atoms with E-state index in [1.165, 1.54) is 0 Å². The molecule has 22 heavy (non-hydrogen) atoms. The van der Waals surface area contributed by atoms with Gasteiger partial charge in [0.25, 0.3) is 0 Å². The molecule has 2 fully saturated rings. The summed E-state index contributed by atoms with van der Waals surface area (Å²) in [6, 6.07) is 7.25. The highest BCUT2D eigenvalue weighted by atomic mass is 16.5. The number of carbonyl (C=O) groups excluding carboxylic acids is 1. The second-order valence-electron chi connectivity index (χ2n) is 6.40. The quantitative estimate of drug-likeness (QED) is 0.670. The average molecular weight is 304 g/mol. The SMILES string of the molecule is CCC(O)(CC)c1cccc(OC(=O)C2CC3CCC2O3)c1. The van der Waals surface area contributed by atoms with Crippen molar-refractivity contribution in [1.82, 2.24) is 0 Å². The van der Waals surface area contributed by atoms with Gasteiger partial charge in [-0.15, -0.1) is 0 Å². The molecule has 4 nitrogen and oxygen atoms in total. The fourth-order valence-corrected chi connectivity index (χ4v) is 3.59. The molecular formula is C18H24O4. The summed E-state index contributed by atoms with van der Waals surface area (Å²) in [4.78, 5) is 12.3. The van der Waals surface area contributed by atoms with Crippen molar-refractivity contribution in [3.05, 3.63) is 29.8 Å². The van der Waals surface area contributed by atoms with Crippen molar-refractivity contribution in [2.75, 3.05) is 0 Å². The monoisotopic (exact) mass is 304 g/mol. The van der Waals surface area contributed by atoms with E-state index in [4.69, 9.17) is 9.47 Å². The first-order chi connectivity index (χ1) is 10.6. The summed E-state index contributed by atoms with van der Waals surface area (Å²) in [5.41, 5.74) is -0.0650. The minimum atomic E-state index is -0.863. The lowest BCUT2D eigenvalue weighted by Crippen LogP contribution is -2.29. The van der Waals surface area contributed by atoms with Crippen molar-refractivity contribution in [1.29, 1.82) is 0 Å². The molecule has 0 saturated carbocycles. The van der Waals surface area contributed by atoms with Gasteiger partial charge in [0.05, 0.1) is 23.7 Å². The van der Waals surface area contributed by atoms with Crippen molar-refractivity contribution in [2.45, 2.75) is 63.8 Å². The van der Waals surface area contributed by atoms with Crippen LogP contribution in [0.3, 0.4) is 0 Å². The zero-order valence-corrected chi connectivity index (χ0v) is 13.2. The van der Waals surface area contributed by atoms with E-state index >= 15 is 0 Å². The standard InChI is InChI=1S/C18H24O4/c1-3-18(20,4-2)12-6-5-7-13(10-12)22-17(19)15-11-14-8-9-16(15)21-14/h5-7,10,14-16,20H,3-4,8-9,11H2,1-2H3. The van der Waals surface area contributed by atoms with E-state index in [9.17, 15) is 9.90 Å². The van der Waals surface area contributed by atoms with Gasteiger partial charge >= 0.3 is 5.97 Å². The van der Waals surface area contributed by atoms with E-state index in [-0.39, 0.29) is 24.1 Å². The van der Waals surface area contributed by atoms with Crippen LogP contribution in [0.25, 0.3) is 0 Å². The number of esters is 1. The smallest absolute Gasteiger partial charge is 0.317 e. The lowest BCUT2D eigenvalue weighted by atomic mass is 9.88. The van der Waals surface area contributed by atoms with Crippen LogP contribution in [-0.4, -0.2) is 23.3 Å². The maximum absolute atomic E-state index is 12.3. The van der Waals surface area contributed by atoms with Crippen LogP contribution in [0.4, 0.5) is 0 Å². The molecule has 120 valence electrons. The highest BCUT2D eigenvalue weighted by Gasteiger charge is 2.45. The molecule has 0 spiro atoms. The predicted octanol–water partition coefficient (Wildman–Crippen LogP) is 3.17. The maximum atomic E-state index is 12.3. The second kappa shape index (κ2) is 6.01. The number of hydrogen-bond acceptors (Lipinski definition) is 4. The van der Waals surface area contributed by atoms with Crippen LogP contribution < -0.4 is 4.74 Å². The van der Waals surface area contributed by atoms with E-state index in [1.54, 1.807) is 12.1 Å². The Kier molecular flexibility index (Phi) is 4.24. The Morgan fingerprint density at radius 1 is 1.36 bits per heavy atom. The molecule has 0 amide bonds. The average Bonchev–Trinajstić information content (AvgIpc) is 3.17. The van der Waals surface area contributed by atoms with Gasteiger partial charge in [-0.25, -0.2) is 0 Å². The molecule has 3 atom stereocenters. The van der Waals surface area contributed by atoms with E-state index in [2.05, 4.69) is 0 Å². The van der Waals surface area contributed by atoms with Gasteiger partial charge in [-0.2, -0.15) is 0 Å². The Labute approximate surface area is 131 Å². The summed E-state index contributed by atoms with van der Waals surface area (Å²) in [6.07, 6.45) is 4.31. The number of fused-ring (bicyclic) bond motifs is 2. The van der Waals surface area contributed by atoms with Gasteiger partial charge in [0.2, 0.25) is 0 Å². The molecule has 2 aliphatic rings. The number of aliphatic hydroxyl groups is 1. The van der Waals surface area contributed by atoms with Gasteiger partial charge in [0, 0.05) is 0 Å². The summed E-state index contributed by atoms with van der Waals surface area (Å²) < 4.78 is 11.3. The second-order valence-corrected chi connectivity index (χ2v) is 6.40. The molecule has 2 aliphatic heterocycles. The molecule has 3 rings (SSSR count). The number of carbonyl (C=O) groups is 1. The molecule has 1 aromatic rings. The molecule has 0 aliphatic carbocycles. The van der Waals surface area contributed by atoms with Crippen molar-refractivity contribution < 1.29 is 19.4 Å². The molecule has 1 aromatic carbocycles. The van der Waals surface area contributed by atoms with Crippen LogP contribution in [0, 0.1) is 5.92 Å². The van der Waals surface area contributed by atoms with E-state index in [1.807, 2.05) is 26.0 Å². The van der Waals surface area contributed by atoms with E-state index in [0.717, 1.165) is 24.8 Å². The van der Waals surface area contributed by atoms with Crippen LogP contribution in [0.5, 0.6) is 5.75 Å². The van der Waals surface area contributed by atoms with Crippen LogP contribution in [0.2, 0.25) is 0 Å². The lowest BCUT2D eigenvalue weighted by Gasteiger charge is -2.26. The summed E-state index contributed by atoms with van der Waals surface area (Å²) in [7, 11) is 0. The fraction of sp³-hybridized carbons (Fsp3) is 0.611. The number of hydrogen-bond donors (Lipinski definition) is 1. The normalized spacial score (nSPS) is 27.1. The third-order valence-electron chi connectivity index (χ3n) is 5.17. The van der Waals surface area contributed by atoms with Crippen LogP contribution in [-0.2, 0) is 15.1 Å². The zero-order chi connectivity index (χ0) is 15.7. The lowest BCUT2D eigenvalue weighted by molar-refractivity contribution is -0.140. The first kappa shape index (κ1) is 15.5. The minimum absolute atomic E-state index is 0.0314. The predicted molar refractivity (Wildman–Crippen MR) is 82.6 cm³/mol. The summed E-state index contributed by atoms with van der Waals surface area (Å²) >= 11 is 0. The number of rotatable bonds is 5. The molecule has 2 saturated heterocycles. The van der Waals surface area contributed by atoms with Gasteiger partial charge < -0.3 is 14.6 Å². The van der Waals surface area contributed by atoms with Gasteiger partial charge in [-0.05, 0) is 49.8 Å². The Morgan fingerprint density at radius 3 is 2.73 bits per heavy atom. The minimum Gasteiger partial charge on any atom is -0.426 e. The molecule has 0 aromatic heterocycles. The van der Waals surface area contributed by atoms with Crippen LogP contribution >= 0.6 is 0 Å². The zero-order valence-electron chi connectivity index (χ0n) is 13.2. The Hall–Kier alpha value is -1.39. The molecule has 3 unspecified atom stereocenters. The first-order valence-electron chi connectivity index (χ1n) is 8.26. The largest absolute Gasteiger partial charge is 0.426 e. The highest BCUT2D eigenvalue weighted by molar-refractivity contribution is 5.76. The molecule has 4 heteroatoms. The molecule has 0 radical (unpaired) electrons. The topological polar surface area (TPSA) is 55.8 Å². The number of benzene rings is 1. The Bertz CT molecular complexity index is 550. The van der Waals surface area contributed by atoms with Gasteiger partial charge in [-0.3, -0.25) is 4.79 Å². The summed E-state index contributed by atoms with van der Waals surface area (Å²) in [5.74, 6) is 0.158. The van der Waals surface area contributed by atoms with Gasteiger partial charge in [-0.1, -0.05) is 26.0 Å². The van der Waals surface area contributed by atoms with Crippen LogP contribution in [0.1, 0.15) is 51.5 Å². The molecule has 2 heterocycles. The highest BCUT2D eigenvalue weighted by Crippen LogP contribution is 2.39. The Balaban J connectivity index is 1.72. The van der Waals surface area contributed by atoms with E-state index < -0.39 is 5.60 Å². The van der Waals surface area contributed by atoms with Crippen molar-refractivity contribution in [3.8, 4) is 5.75 Å².